The molecule has 0 bridgehead atoms. The number of carbonyl (C=O) groups excluding carboxylic acids is 1. The van der Waals surface area contributed by atoms with Crippen LogP contribution in [0.3, 0.4) is 0 Å². The van der Waals surface area contributed by atoms with E-state index in [1.54, 1.807) is 7.05 Å². The van der Waals surface area contributed by atoms with Gasteiger partial charge in [-0.3, -0.25) is 4.68 Å². The highest BCUT2D eigenvalue weighted by atomic mass is 16.5. The minimum absolute atomic E-state index is 0.0335. The summed E-state index contributed by atoms with van der Waals surface area (Å²) in [5.41, 5.74) is 1.33. The number of aryl methyl sites for hydroxylation is 1. The van der Waals surface area contributed by atoms with Crippen molar-refractivity contribution in [3.63, 3.8) is 0 Å². The Morgan fingerprint density at radius 1 is 1.33 bits per heavy atom. The van der Waals surface area contributed by atoms with Crippen molar-refractivity contribution in [2.24, 2.45) is 7.05 Å². The number of ether oxygens (including phenoxy) is 1. The van der Waals surface area contributed by atoms with E-state index in [0.717, 1.165) is 5.56 Å². The van der Waals surface area contributed by atoms with E-state index < -0.39 is 12.1 Å². The second-order valence-electron chi connectivity index (χ2n) is 4.35. The van der Waals surface area contributed by atoms with E-state index in [4.69, 9.17) is 9.84 Å². The average Bonchev–Trinajstić information content (AvgIpc) is 2.85. The number of amides is 1. The van der Waals surface area contributed by atoms with Crippen LogP contribution in [-0.2, 0) is 24.9 Å². The van der Waals surface area contributed by atoms with Crippen molar-refractivity contribution in [2.45, 2.75) is 13.2 Å². The van der Waals surface area contributed by atoms with Gasteiger partial charge in [-0.15, -0.1) is 0 Å². The smallest absolute Gasteiger partial charge is 0.407 e. The van der Waals surface area contributed by atoms with Crippen LogP contribution >= 0.6 is 0 Å². The molecule has 0 aliphatic heterocycles. The molecule has 0 fully saturated rings. The molecule has 1 aromatic heterocycles. The van der Waals surface area contributed by atoms with Crippen molar-refractivity contribution >= 4 is 12.1 Å². The molecule has 2 rings (SSSR count). The number of aromatic nitrogens is 2. The molecule has 1 amide bonds. The molecule has 1 heterocycles. The predicted octanol–water partition coefficient (Wildman–Crippen LogP) is 1.54. The first-order valence-corrected chi connectivity index (χ1v) is 6.26. The predicted molar refractivity (Wildman–Crippen MR) is 73.6 cm³/mol. The van der Waals surface area contributed by atoms with Crippen LogP contribution in [0.15, 0.2) is 36.5 Å². The summed E-state index contributed by atoms with van der Waals surface area (Å²) in [6.07, 6.45) is 0.630. The van der Waals surface area contributed by atoms with Gasteiger partial charge in [-0.2, -0.15) is 5.10 Å². The average molecular weight is 289 g/mol. The zero-order valence-corrected chi connectivity index (χ0v) is 11.4. The number of nitrogens with zero attached hydrogens (tertiary/aromatic N) is 2. The van der Waals surface area contributed by atoms with E-state index in [9.17, 15) is 9.59 Å². The third kappa shape index (κ3) is 3.82. The van der Waals surface area contributed by atoms with Crippen LogP contribution in [-0.4, -0.2) is 26.9 Å². The molecule has 0 radical (unpaired) electrons. The van der Waals surface area contributed by atoms with Gasteiger partial charge in [0, 0.05) is 7.05 Å². The Kier molecular flexibility index (Phi) is 4.55. The molecule has 0 spiro atoms. The van der Waals surface area contributed by atoms with Gasteiger partial charge in [0.2, 0.25) is 0 Å². The largest absolute Gasteiger partial charge is 0.478 e. The lowest BCUT2D eigenvalue weighted by molar-refractivity contribution is 0.0694. The van der Waals surface area contributed by atoms with Crippen LogP contribution in [0.5, 0.6) is 0 Å². The molecule has 21 heavy (non-hydrogen) atoms. The van der Waals surface area contributed by atoms with E-state index in [0.29, 0.717) is 5.69 Å². The fraction of sp³-hybridized carbons (Fsp3) is 0.214. The van der Waals surface area contributed by atoms with Gasteiger partial charge in [-0.25, -0.2) is 9.59 Å². The highest BCUT2D eigenvalue weighted by Crippen LogP contribution is 2.07. The normalized spacial score (nSPS) is 10.1. The second kappa shape index (κ2) is 6.56. The Balaban J connectivity index is 1.87. The van der Waals surface area contributed by atoms with Gasteiger partial charge in [-0.05, 0) is 5.56 Å². The molecule has 0 aliphatic carbocycles. The number of alkyl carbamates (subject to hydrolysis) is 1. The topological polar surface area (TPSA) is 93.5 Å². The minimum atomic E-state index is -1.09. The number of carbonyl (C=O) groups is 2. The minimum Gasteiger partial charge on any atom is -0.478 e. The van der Waals surface area contributed by atoms with Crippen LogP contribution in [0.25, 0.3) is 0 Å². The molecule has 0 saturated heterocycles. The van der Waals surface area contributed by atoms with Crippen molar-refractivity contribution in [1.29, 1.82) is 0 Å². The Morgan fingerprint density at radius 3 is 2.71 bits per heavy atom. The van der Waals surface area contributed by atoms with E-state index in [1.165, 1.54) is 10.9 Å². The fourth-order valence-corrected chi connectivity index (χ4v) is 1.78. The Labute approximate surface area is 121 Å². The quantitative estimate of drug-likeness (QED) is 0.871. The molecule has 2 aromatic rings. The van der Waals surface area contributed by atoms with Crippen molar-refractivity contribution < 1.29 is 19.4 Å². The molecule has 0 saturated carbocycles. The maximum absolute atomic E-state index is 11.6. The van der Waals surface area contributed by atoms with Crippen LogP contribution in [0.2, 0.25) is 0 Å². The molecule has 0 unspecified atom stereocenters. The summed E-state index contributed by atoms with van der Waals surface area (Å²) < 4.78 is 6.44. The summed E-state index contributed by atoms with van der Waals surface area (Å²) in [5.74, 6) is -1.09. The summed E-state index contributed by atoms with van der Waals surface area (Å²) in [6, 6.07) is 9.27. The molecule has 2 N–H and O–H groups in total. The van der Waals surface area contributed by atoms with Crippen molar-refractivity contribution in [2.75, 3.05) is 0 Å². The number of carboxylic acids is 1. The molecular formula is C14H15N3O4. The molecule has 0 atom stereocenters. The van der Waals surface area contributed by atoms with Gasteiger partial charge in [0.05, 0.1) is 18.4 Å². The number of rotatable bonds is 5. The Morgan fingerprint density at radius 2 is 2.05 bits per heavy atom. The van der Waals surface area contributed by atoms with Crippen molar-refractivity contribution in [3.05, 3.63) is 53.3 Å². The Hall–Kier alpha value is -2.83. The van der Waals surface area contributed by atoms with Gasteiger partial charge in [0.25, 0.3) is 0 Å². The molecule has 1 aromatic carbocycles. The van der Waals surface area contributed by atoms with E-state index in [-0.39, 0.29) is 18.7 Å². The van der Waals surface area contributed by atoms with Crippen molar-refractivity contribution in [3.8, 4) is 0 Å². The van der Waals surface area contributed by atoms with Crippen molar-refractivity contribution in [1.82, 2.24) is 15.1 Å². The number of nitrogens with one attached hydrogen (secondary N) is 1. The number of hydrogen-bond donors (Lipinski definition) is 2. The van der Waals surface area contributed by atoms with Gasteiger partial charge >= 0.3 is 12.1 Å². The second-order valence-corrected chi connectivity index (χ2v) is 4.35. The maximum atomic E-state index is 11.6. The van der Waals surface area contributed by atoms with E-state index in [1.807, 2.05) is 30.3 Å². The van der Waals surface area contributed by atoms with Gasteiger partial charge < -0.3 is 15.2 Å². The Bertz CT molecular complexity index is 637. The summed E-state index contributed by atoms with van der Waals surface area (Å²) in [7, 11) is 1.61. The molecule has 7 nitrogen and oxygen atoms in total. The van der Waals surface area contributed by atoms with E-state index in [2.05, 4.69) is 10.4 Å². The fourth-order valence-electron chi connectivity index (χ4n) is 1.78. The SMILES string of the molecule is Cn1ncc(C(=O)O)c1CNC(=O)OCc1ccccc1. The number of carboxylic acid groups (broad SMARTS) is 1. The third-order valence-electron chi connectivity index (χ3n) is 2.90. The molecular weight excluding hydrogens is 274 g/mol. The van der Waals surface area contributed by atoms with Crippen LogP contribution in [0.4, 0.5) is 4.79 Å². The molecule has 0 aliphatic rings. The first-order chi connectivity index (χ1) is 10.1. The number of aromatic carboxylic acids is 1. The van der Waals surface area contributed by atoms with Gasteiger partial charge in [0.1, 0.15) is 12.2 Å². The van der Waals surface area contributed by atoms with Gasteiger partial charge in [-0.1, -0.05) is 30.3 Å². The lowest BCUT2D eigenvalue weighted by Crippen LogP contribution is -2.25. The number of hydrogen-bond acceptors (Lipinski definition) is 4. The van der Waals surface area contributed by atoms with E-state index >= 15 is 0 Å². The van der Waals surface area contributed by atoms with Crippen LogP contribution < -0.4 is 5.32 Å². The highest BCUT2D eigenvalue weighted by molar-refractivity contribution is 5.88. The zero-order valence-electron chi connectivity index (χ0n) is 11.4. The standard InChI is InChI=1S/C14H15N3O4/c1-17-12(11(7-16-17)13(18)19)8-15-14(20)21-9-10-5-3-2-4-6-10/h2-7H,8-9H2,1H3,(H,15,20)(H,18,19). The lowest BCUT2D eigenvalue weighted by Gasteiger charge is -2.08. The summed E-state index contributed by atoms with van der Waals surface area (Å²) in [6.45, 7) is 0.190. The lowest BCUT2D eigenvalue weighted by atomic mass is 10.2. The maximum Gasteiger partial charge on any atom is 0.407 e. The van der Waals surface area contributed by atoms with Gasteiger partial charge in [0.15, 0.2) is 0 Å². The molecule has 7 heteroatoms. The summed E-state index contributed by atoms with van der Waals surface area (Å²) in [5, 5.41) is 15.4. The zero-order chi connectivity index (χ0) is 15.2. The summed E-state index contributed by atoms with van der Waals surface area (Å²) in [4.78, 5) is 22.6. The van der Waals surface area contributed by atoms with Crippen LogP contribution in [0.1, 0.15) is 21.6 Å². The third-order valence-corrected chi connectivity index (χ3v) is 2.90. The first-order valence-electron chi connectivity index (χ1n) is 6.26. The number of benzene rings is 1. The molecule has 110 valence electrons. The first kappa shape index (κ1) is 14.6. The highest BCUT2D eigenvalue weighted by Gasteiger charge is 2.15. The summed E-state index contributed by atoms with van der Waals surface area (Å²) >= 11 is 0. The monoisotopic (exact) mass is 289 g/mol. The van der Waals surface area contributed by atoms with Crippen LogP contribution in [0, 0.1) is 0 Å².